The van der Waals surface area contributed by atoms with Crippen molar-refractivity contribution < 1.29 is 8.42 Å². The van der Waals surface area contributed by atoms with Gasteiger partial charge in [0.15, 0.2) is 0 Å². The van der Waals surface area contributed by atoms with Crippen LogP contribution in [-0.4, -0.2) is 25.5 Å². The molecule has 2 rings (SSSR count). The molecule has 0 aliphatic carbocycles. The van der Waals surface area contributed by atoms with Gasteiger partial charge in [0.2, 0.25) is 10.0 Å². The highest BCUT2D eigenvalue weighted by atomic mass is 79.9. The lowest BCUT2D eigenvalue weighted by Gasteiger charge is -2.23. The highest BCUT2D eigenvalue weighted by molar-refractivity contribution is 9.10. The summed E-state index contributed by atoms with van der Waals surface area (Å²) in [6, 6.07) is 3.24. The van der Waals surface area contributed by atoms with Crippen molar-refractivity contribution in [3.8, 4) is 0 Å². The first-order valence-corrected chi connectivity index (χ1v) is 9.69. The van der Waals surface area contributed by atoms with Crippen molar-refractivity contribution >= 4 is 43.4 Å². The van der Waals surface area contributed by atoms with Crippen LogP contribution in [0, 0.1) is 6.92 Å². The molecule has 0 aromatic heterocycles. The average Bonchev–Trinajstić information content (AvgIpc) is 2.79. The Bertz CT molecular complexity index is 611. The summed E-state index contributed by atoms with van der Waals surface area (Å²) in [4.78, 5) is 0.254. The Hall–Kier alpha value is -0.240. The van der Waals surface area contributed by atoms with Crippen LogP contribution in [-0.2, 0) is 10.0 Å². The van der Waals surface area contributed by atoms with Crippen molar-refractivity contribution in [3.63, 3.8) is 0 Å². The summed E-state index contributed by atoms with van der Waals surface area (Å²) in [5.74, 6) is 1.10. The number of halogens is 1. The Morgan fingerprint density at radius 2 is 2.20 bits per heavy atom. The summed E-state index contributed by atoms with van der Waals surface area (Å²) in [7, 11) is -3.52. The Kier molecular flexibility index (Phi) is 4.73. The molecule has 1 aromatic carbocycles. The number of thioether (sulfide) groups is 1. The summed E-state index contributed by atoms with van der Waals surface area (Å²) in [5, 5.41) is 0. The second-order valence-electron chi connectivity index (χ2n) is 5.37. The lowest BCUT2D eigenvalue weighted by Crippen LogP contribution is -2.37. The lowest BCUT2D eigenvalue weighted by atomic mass is 10.1. The molecule has 0 spiro atoms. The molecule has 0 saturated carbocycles. The van der Waals surface area contributed by atoms with E-state index in [4.69, 9.17) is 5.73 Å². The number of sulfonamides is 1. The predicted octanol–water partition coefficient (Wildman–Crippen LogP) is 2.90. The molecule has 20 heavy (non-hydrogen) atoms. The maximum atomic E-state index is 12.4. The van der Waals surface area contributed by atoms with Gasteiger partial charge in [0.25, 0.3) is 0 Å². The Labute approximate surface area is 133 Å². The summed E-state index contributed by atoms with van der Waals surface area (Å²) in [6.07, 6.45) is 2.19. The molecule has 0 bridgehead atoms. The molecule has 0 amide bonds. The van der Waals surface area contributed by atoms with Crippen LogP contribution in [0.25, 0.3) is 0 Å². The topological polar surface area (TPSA) is 72.2 Å². The third-order valence-electron chi connectivity index (χ3n) is 3.52. The summed E-state index contributed by atoms with van der Waals surface area (Å²) >= 11 is 5.14. The zero-order chi connectivity index (χ0) is 15.0. The van der Waals surface area contributed by atoms with Gasteiger partial charge in [-0.25, -0.2) is 13.1 Å². The number of anilines is 1. The van der Waals surface area contributed by atoms with Crippen LogP contribution in [0.2, 0.25) is 0 Å². The molecule has 1 saturated heterocycles. The van der Waals surface area contributed by atoms with E-state index in [-0.39, 0.29) is 9.64 Å². The van der Waals surface area contributed by atoms with Gasteiger partial charge in [-0.15, -0.1) is 0 Å². The largest absolute Gasteiger partial charge is 0.398 e. The zero-order valence-corrected chi connectivity index (χ0v) is 14.8. The maximum Gasteiger partial charge on any atom is 0.240 e. The Morgan fingerprint density at radius 1 is 1.50 bits per heavy atom. The lowest BCUT2D eigenvalue weighted by molar-refractivity contribution is 0.552. The van der Waals surface area contributed by atoms with Crippen LogP contribution in [0.15, 0.2) is 21.5 Å². The standard InChI is InChI=1S/C13H19BrN2O2S2/c1-9-6-10(14)11(15)7-12(9)20(17,18)16-8-13(2)4-3-5-19-13/h6-7,16H,3-5,8,15H2,1-2H3. The second-order valence-corrected chi connectivity index (χ2v) is 9.64. The number of rotatable bonds is 4. The van der Waals surface area contributed by atoms with Gasteiger partial charge in [0.1, 0.15) is 0 Å². The fourth-order valence-electron chi connectivity index (χ4n) is 2.26. The number of nitrogens with two attached hydrogens (primary N) is 1. The van der Waals surface area contributed by atoms with Crippen LogP contribution in [0.5, 0.6) is 0 Å². The average molecular weight is 379 g/mol. The fraction of sp³-hybridized carbons (Fsp3) is 0.538. The molecule has 4 nitrogen and oxygen atoms in total. The molecule has 1 aliphatic rings. The Balaban J connectivity index is 2.20. The zero-order valence-electron chi connectivity index (χ0n) is 11.6. The van der Waals surface area contributed by atoms with Crippen LogP contribution in [0.3, 0.4) is 0 Å². The second kappa shape index (κ2) is 5.87. The number of benzene rings is 1. The van der Waals surface area contributed by atoms with E-state index in [9.17, 15) is 8.42 Å². The van der Waals surface area contributed by atoms with Crippen LogP contribution < -0.4 is 10.5 Å². The van der Waals surface area contributed by atoms with Crippen LogP contribution >= 0.6 is 27.7 Å². The van der Waals surface area contributed by atoms with Crippen molar-refractivity contribution in [2.24, 2.45) is 0 Å². The normalized spacial score (nSPS) is 23.1. The molecule has 3 N–H and O–H groups in total. The third-order valence-corrected chi connectivity index (χ3v) is 7.29. The smallest absolute Gasteiger partial charge is 0.240 e. The molecule has 1 heterocycles. The van der Waals surface area contributed by atoms with E-state index in [0.29, 0.717) is 22.3 Å². The van der Waals surface area contributed by atoms with E-state index < -0.39 is 10.0 Å². The van der Waals surface area contributed by atoms with Gasteiger partial charge < -0.3 is 5.73 Å². The molecular formula is C13H19BrN2O2S2. The van der Waals surface area contributed by atoms with Gasteiger partial charge in [-0.05, 0) is 66.1 Å². The van der Waals surface area contributed by atoms with Crippen molar-refractivity contribution in [2.45, 2.75) is 36.3 Å². The molecule has 1 unspecified atom stereocenters. The van der Waals surface area contributed by atoms with E-state index in [1.54, 1.807) is 13.0 Å². The molecule has 7 heteroatoms. The van der Waals surface area contributed by atoms with Gasteiger partial charge in [-0.3, -0.25) is 0 Å². The number of aryl methyl sites for hydroxylation is 1. The van der Waals surface area contributed by atoms with E-state index in [0.717, 1.165) is 18.6 Å². The maximum absolute atomic E-state index is 12.4. The number of nitrogens with one attached hydrogen (secondary N) is 1. The first-order valence-electron chi connectivity index (χ1n) is 6.43. The molecular weight excluding hydrogens is 360 g/mol. The van der Waals surface area contributed by atoms with Gasteiger partial charge >= 0.3 is 0 Å². The summed E-state index contributed by atoms with van der Waals surface area (Å²) < 4.78 is 28.3. The minimum absolute atomic E-state index is 0.00187. The van der Waals surface area contributed by atoms with Gasteiger partial charge in [0, 0.05) is 21.5 Å². The molecule has 112 valence electrons. The van der Waals surface area contributed by atoms with Crippen molar-refractivity contribution in [1.82, 2.24) is 4.72 Å². The fourth-order valence-corrected chi connectivity index (χ4v) is 5.48. The van der Waals surface area contributed by atoms with E-state index >= 15 is 0 Å². The van der Waals surface area contributed by atoms with Crippen LogP contribution in [0.4, 0.5) is 5.69 Å². The van der Waals surface area contributed by atoms with Crippen LogP contribution in [0.1, 0.15) is 25.3 Å². The molecule has 1 aromatic rings. The summed E-state index contributed by atoms with van der Waals surface area (Å²) in [6.45, 7) is 4.33. The highest BCUT2D eigenvalue weighted by Gasteiger charge is 2.31. The highest BCUT2D eigenvalue weighted by Crippen LogP contribution is 2.37. The number of hydrogen-bond acceptors (Lipinski definition) is 4. The number of hydrogen-bond donors (Lipinski definition) is 2. The third kappa shape index (κ3) is 3.50. The SMILES string of the molecule is Cc1cc(Br)c(N)cc1S(=O)(=O)NCC1(C)CCCS1. The minimum Gasteiger partial charge on any atom is -0.398 e. The molecule has 0 radical (unpaired) electrons. The quantitative estimate of drug-likeness (QED) is 0.789. The predicted molar refractivity (Wildman–Crippen MR) is 88.6 cm³/mol. The molecule has 1 atom stereocenters. The first kappa shape index (κ1) is 16.1. The van der Waals surface area contributed by atoms with E-state index in [1.807, 2.05) is 11.8 Å². The summed E-state index contributed by atoms with van der Waals surface area (Å²) in [5.41, 5.74) is 6.90. The van der Waals surface area contributed by atoms with E-state index in [1.165, 1.54) is 6.07 Å². The monoisotopic (exact) mass is 378 g/mol. The van der Waals surface area contributed by atoms with Gasteiger partial charge in [-0.1, -0.05) is 0 Å². The van der Waals surface area contributed by atoms with Crippen molar-refractivity contribution in [3.05, 3.63) is 22.2 Å². The molecule has 1 fully saturated rings. The minimum atomic E-state index is -3.52. The molecule has 1 aliphatic heterocycles. The van der Waals surface area contributed by atoms with Crippen molar-refractivity contribution in [2.75, 3.05) is 18.0 Å². The number of nitrogen functional groups attached to an aromatic ring is 1. The first-order chi connectivity index (χ1) is 9.23. The Morgan fingerprint density at radius 3 is 2.80 bits per heavy atom. The van der Waals surface area contributed by atoms with Gasteiger partial charge in [0.05, 0.1) is 4.90 Å². The van der Waals surface area contributed by atoms with Crippen molar-refractivity contribution in [1.29, 1.82) is 0 Å². The van der Waals surface area contributed by atoms with Gasteiger partial charge in [-0.2, -0.15) is 11.8 Å². The van der Waals surface area contributed by atoms with E-state index in [2.05, 4.69) is 27.6 Å².